The number of hydrogen-bond donors (Lipinski definition) is 1. The summed E-state index contributed by atoms with van der Waals surface area (Å²) in [6.45, 7) is 5.12. The molecule has 0 aliphatic carbocycles. The first-order chi connectivity index (χ1) is 12.2. The summed E-state index contributed by atoms with van der Waals surface area (Å²) < 4.78 is 11.0. The molecule has 1 aliphatic heterocycles. The van der Waals surface area contributed by atoms with Crippen LogP contribution < -0.4 is 5.73 Å². The van der Waals surface area contributed by atoms with E-state index < -0.39 is 12.2 Å². The van der Waals surface area contributed by atoms with Crippen LogP contribution in [0, 0.1) is 5.92 Å². The first-order valence-corrected chi connectivity index (χ1v) is 8.88. The Bertz CT molecular complexity index is 680. The van der Waals surface area contributed by atoms with Crippen LogP contribution in [0.1, 0.15) is 38.1 Å². The van der Waals surface area contributed by atoms with E-state index in [2.05, 4.69) is 17.0 Å². The minimum Gasteiger partial charge on any atom is -0.438 e. The first kappa shape index (κ1) is 17.5. The lowest BCUT2D eigenvalue weighted by atomic mass is 9.96. The Morgan fingerprint density at radius 3 is 2.68 bits per heavy atom. The lowest BCUT2D eigenvalue weighted by Gasteiger charge is -2.27. The van der Waals surface area contributed by atoms with Crippen molar-refractivity contribution < 1.29 is 14.1 Å². The third kappa shape index (κ3) is 4.39. The minimum atomic E-state index is -0.789. The van der Waals surface area contributed by atoms with Crippen molar-refractivity contribution in [3.8, 4) is 11.3 Å². The van der Waals surface area contributed by atoms with Crippen molar-refractivity contribution in [2.24, 2.45) is 11.7 Å². The van der Waals surface area contributed by atoms with Gasteiger partial charge in [0.2, 0.25) is 0 Å². The largest absolute Gasteiger partial charge is 0.438 e. The smallest absolute Gasteiger partial charge is 0.405 e. The zero-order chi connectivity index (χ0) is 17.6. The summed E-state index contributed by atoms with van der Waals surface area (Å²) in [6.07, 6.45) is 1.99. The number of amides is 1. The van der Waals surface area contributed by atoms with Crippen LogP contribution >= 0.6 is 0 Å². The molecule has 1 saturated heterocycles. The molecule has 0 saturated carbocycles. The van der Waals surface area contributed by atoms with Gasteiger partial charge in [-0.2, -0.15) is 0 Å². The van der Waals surface area contributed by atoms with E-state index in [-0.39, 0.29) is 5.92 Å². The van der Waals surface area contributed by atoms with Crippen LogP contribution in [0.15, 0.2) is 40.9 Å². The van der Waals surface area contributed by atoms with Gasteiger partial charge in [-0.25, -0.2) is 4.79 Å². The van der Waals surface area contributed by atoms with E-state index in [0.29, 0.717) is 5.76 Å². The summed E-state index contributed by atoms with van der Waals surface area (Å²) >= 11 is 0. The number of likely N-dealkylation sites (tertiary alicyclic amines) is 1. The second-order valence-corrected chi connectivity index (χ2v) is 6.51. The first-order valence-electron chi connectivity index (χ1n) is 8.88. The summed E-state index contributed by atoms with van der Waals surface area (Å²) in [5, 5.41) is 4.14. The molecule has 134 valence electrons. The number of ether oxygens (including phenoxy) is 1. The predicted octanol–water partition coefficient (Wildman–Crippen LogP) is 3.60. The van der Waals surface area contributed by atoms with Crippen molar-refractivity contribution in [2.45, 2.75) is 32.3 Å². The Morgan fingerprint density at radius 2 is 2.04 bits per heavy atom. The van der Waals surface area contributed by atoms with Crippen molar-refractivity contribution in [1.29, 1.82) is 0 Å². The van der Waals surface area contributed by atoms with Gasteiger partial charge in [-0.3, -0.25) is 0 Å². The summed E-state index contributed by atoms with van der Waals surface area (Å²) in [5.74, 6) is 0.658. The Hall–Kier alpha value is -2.34. The van der Waals surface area contributed by atoms with Crippen LogP contribution in [0.5, 0.6) is 0 Å². The number of aromatic nitrogens is 1. The van der Waals surface area contributed by atoms with Gasteiger partial charge in [0.05, 0.1) is 0 Å². The molecule has 1 amide bonds. The van der Waals surface area contributed by atoms with Gasteiger partial charge in [-0.05, 0) is 32.4 Å². The number of primary amides is 1. The quantitative estimate of drug-likeness (QED) is 0.830. The van der Waals surface area contributed by atoms with E-state index in [4.69, 9.17) is 15.0 Å². The number of benzene rings is 1. The number of carbonyl (C=O) groups is 1. The van der Waals surface area contributed by atoms with Gasteiger partial charge < -0.3 is 19.9 Å². The molecule has 2 heterocycles. The molecule has 0 unspecified atom stereocenters. The van der Waals surface area contributed by atoms with E-state index in [1.165, 1.54) is 12.8 Å². The van der Waals surface area contributed by atoms with Crippen LogP contribution in [0.2, 0.25) is 0 Å². The monoisotopic (exact) mass is 343 g/mol. The van der Waals surface area contributed by atoms with Crippen molar-refractivity contribution >= 4 is 6.09 Å². The highest BCUT2D eigenvalue weighted by molar-refractivity contribution is 5.65. The molecule has 1 aromatic heterocycles. The van der Waals surface area contributed by atoms with E-state index in [1.807, 2.05) is 36.4 Å². The maximum absolute atomic E-state index is 11.4. The van der Waals surface area contributed by atoms with Gasteiger partial charge in [0.25, 0.3) is 0 Å². The molecule has 0 radical (unpaired) electrons. The van der Waals surface area contributed by atoms with Crippen LogP contribution in [0.3, 0.4) is 0 Å². The Morgan fingerprint density at radius 1 is 1.32 bits per heavy atom. The molecule has 2 atom stereocenters. The number of nitrogens with zero attached hydrogens (tertiary/aromatic N) is 2. The molecular weight excluding hydrogens is 318 g/mol. The van der Waals surface area contributed by atoms with Crippen LogP contribution in [0.4, 0.5) is 4.79 Å². The van der Waals surface area contributed by atoms with Gasteiger partial charge in [-0.1, -0.05) is 42.4 Å². The molecule has 0 bridgehead atoms. The van der Waals surface area contributed by atoms with Crippen molar-refractivity contribution in [2.75, 3.05) is 19.6 Å². The average Bonchev–Trinajstić information content (AvgIpc) is 3.30. The third-order valence-electron chi connectivity index (χ3n) is 4.77. The van der Waals surface area contributed by atoms with Crippen molar-refractivity contribution in [3.63, 3.8) is 0 Å². The minimum absolute atomic E-state index is 0.113. The Balaban J connectivity index is 1.81. The van der Waals surface area contributed by atoms with Crippen molar-refractivity contribution in [3.05, 3.63) is 42.2 Å². The number of rotatable bonds is 7. The van der Waals surface area contributed by atoms with Gasteiger partial charge in [0.15, 0.2) is 11.9 Å². The Labute approximate surface area is 147 Å². The molecule has 0 spiro atoms. The van der Waals surface area contributed by atoms with Crippen LogP contribution in [-0.4, -0.2) is 35.8 Å². The number of nitrogens with two attached hydrogens (primary N) is 1. The fraction of sp³-hybridized carbons (Fsp3) is 0.474. The molecule has 1 aromatic carbocycles. The summed E-state index contributed by atoms with van der Waals surface area (Å²) in [6, 6.07) is 11.6. The Kier molecular flexibility index (Phi) is 5.71. The number of hydrogen-bond acceptors (Lipinski definition) is 5. The molecule has 1 aliphatic rings. The number of carbonyl (C=O) groups excluding carboxylic acids is 1. The molecule has 6 nitrogen and oxygen atoms in total. The van der Waals surface area contributed by atoms with E-state index in [9.17, 15) is 4.79 Å². The van der Waals surface area contributed by atoms with E-state index in [0.717, 1.165) is 37.3 Å². The predicted molar refractivity (Wildman–Crippen MR) is 94.8 cm³/mol. The van der Waals surface area contributed by atoms with Gasteiger partial charge in [-0.15, -0.1) is 0 Å². The van der Waals surface area contributed by atoms with Gasteiger partial charge >= 0.3 is 6.09 Å². The second kappa shape index (κ2) is 8.16. The normalized spacial score (nSPS) is 17.3. The average molecular weight is 343 g/mol. The van der Waals surface area contributed by atoms with Crippen LogP contribution in [0.25, 0.3) is 11.3 Å². The van der Waals surface area contributed by atoms with Crippen molar-refractivity contribution in [1.82, 2.24) is 10.1 Å². The van der Waals surface area contributed by atoms with Crippen LogP contribution in [-0.2, 0) is 4.74 Å². The lowest BCUT2D eigenvalue weighted by Crippen LogP contribution is -2.32. The maximum Gasteiger partial charge on any atom is 0.405 e. The zero-order valence-electron chi connectivity index (χ0n) is 14.6. The van der Waals surface area contributed by atoms with E-state index >= 15 is 0 Å². The maximum atomic E-state index is 11.4. The summed E-state index contributed by atoms with van der Waals surface area (Å²) in [4.78, 5) is 13.8. The fourth-order valence-electron chi connectivity index (χ4n) is 3.42. The molecular formula is C19H25N3O3. The fourth-order valence-corrected chi connectivity index (χ4v) is 3.42. The zero-order valence-corrected chi connectivity index (χ0v) is 14.6. The molecule has 3 rings (SSSR count). The van der Waals surface area contributed by atoms with E-state index in [1.54, 1.807) is 0 Å². The summed E-state index contributed by atoms with van der Waals surface area (Å²) in [7, 11) is 0. The third-order valence-corrected chi connectivity index (χ3v) is 4.77. The second-order valence-electron chi connectivity index (χ2n) is 6.51. The highest BCUT2D eigenvalue weighted by Crippen LogP contribution is 2.32. The molecule has 1 fully saturated rings. The molecule has 2 aromatic rings. The standard InChI is InChI=1S/C19H25N3O3/c1-2-14(13-22-10-6-7-11-22)18(24-19(20)23)17-12-16(21-25-17)15-8-4-3-5-9-15/h3-5,8-9,12,14,18H,2,6-7,10-11,13H2,1H3,(H2,20,23)/t14-,18+/m0/s1. The lowest BCUT2D eigenvalue weighted by molar-refractivity contribution is 0.0354. The molecule has 6 heteroatoms. The highest BCUT2D eigenvalue weighted by atomic mass is 16.6. The SMILES string of the molecule is CC[C@@H](CN1CCCC1)[C@@H](OC(N)=O)c1cc(-c2ccccc2)no1. The molecule has 2 N–H and O–H groups in total. The molecule has 25 heavy (non-hydrogen) atoms. The highest BCUT2D eigenvalue weighted by Gasteiger charge is 2.31. The summed E-state index contributed by atoms with van der Waals surface area (Å²) in [5.41, 5.74) is 7.00. The topological polar surface area (TPSA) is 81.6 Å². The van der Waals surface area contributed by atoms with Gasteiger partial charge in [0.1, 0.15) is 5.69 Å². The van der Waals surface area contributed by atoms with Gasteiger partial charge in [0, 0.05) is 24.1 Å².